The van der Waals surface area contributed by atoms with Gasteiger partial charge < -0.3 is 14.6 Å². The van der Waals surface area contributed by atoms with Crippen LogP contribution in [0.15, 0.2) is 43.0 Å². The molecule has 15 heavy (non-hydrogen) atoms. The number of rotatable bonds is 6. The average Bonchev–Trinajstić information content (AvgIpc) is 2.31. The zero-order valence-corrected chi connectivity index (χ0v) is 8.37. The molecule has 1 aromatic carbocycles. The Hall–Kier alpha value is -1.45. The number of carbonyl (C=O) groups excluding carboxylic acids is 1. The molecule has 3 nitrogen and oxygen atoms in total. The molecule has 80 valence electrons. The van der Waals surface area contributed by atoms with Crippen molar-refractivity contribution in [1.29, 1.82) is 0 Å². The quantitative estimate of drug-likeness (QED) is 0.564. The molecule has 0 radical (unpaired) electrons. The highest BCUT2D eigenvalue weighted by atomic mass is 16.5. The molecule has 0 saturated carbocycles. The summed E-state index contributed by atoms with van der Waals surface area (Å²) in [7, 11) is 0. The van der Waals surface area contributed by atoms with E-state index in [2.05, 4.69) is 6.58 Å². The average molecular weight is 206 g/mol. The Kier molecular flexibility index (Phi) is 4.74. The highest BCUT2D eigenvalue weighted by Gasteiger charge is 2.14. The summed E-state index contributed by atoms with van der Waals surface area (Å²) in [5.41, 5.74) is 0.988. The molecule has 0 saturated heterocycles. The summed E-state index contributed by atoms with van der Waals surface area (Å²) in [5, 5.41) is 9.23. The minimum absolute atomic E-state index is 0.350. The topological polar surface area (TPSA) is 46.5 Å². The predicted octanol–water partition coefficient (Wildman–Crippen LogP) is 1.32. The van der Waals surface area contributed by atoms with Crippen LogP contribution in [0.5, 0.6) is 0 Å². The van der Waals surface area contributed by atoms with Crippen LogP contribution in [0.25, 0.3) is 0 Å². The largest absolute Gasteiger partial charge is 0.383 e. The molecule has 1 aromatic rings. The van der Waals surface area contributed by atoms with Crippen LogP contribution in [0.4, 0.5) is 0 Å². The second-order valence-corrected chi connectivity index (χ2v) is 3.12. The molecular weight excluding hydrogens is 192 g/mol. The lowest BCUT2D eigenvalue weighted by Crippen LogP contribution is -2.28. The van der Waals surface area contributed by atoms with E-state index in [1.165, 1.54) is 6.08 Å². The van der Waals surface area contributed by atoms with Crippen LogP contribution in [0.3, 0.4) is 0 Å². The van der Waals surface area contributed by atoms with Gasteiger partial charge in [-0.3, -0.25) is 0 Å². The summed E-state index contributed by atoms with van der Waals surface area (Å²) in [4.78, 5) is 10.3. The van der Waals surface area contributed by atoms with Gasteiger partial charge >= 0.3 is 0 Å². The van der Waals surface area contributed by atoms with Crippen LogP contribution in [0, 0.1) is 0 Å². The Bertz CT molecular complexity index is 308. The van der Waals surface area contributed by atoms with Crippen LogP contribution >= 0.6 is 0 Å². The number of aliphatic hydroxyl groups excluding tert-OH is 1. The van der Waals surface area contributed by atoms with E-state index < -0.39 is 12.2 Å². The van der Waals surface area contributed by atoms with Crippen molar-refractivity contribution in [2.45, 2.75) is 18.8 Å². The number of benzene rings is 1. The first-order chi connectivity index (χ1) is 7.27. The molecule has 0 bridgehead atoms. The maximum Gasteiger partial charge on any atom is 0.151 e. The molecule has 0 amide bonds. The summed E-state index contributed by atoms with van der Waals surface area (Å²) < 4.78 is 5.33. The van der Waals surface area contributed by atoms with Gasteiger partial charge in [0.1, 0.15) is 12.2 Å². The monoisotopic (exact) mass is 206 g/mol. The van der Waals surface area contributed by atoms with Crippen molar-refractivity contribution in [3.8, 4) is 0 Å². The van der Waals surface area contributed by atoms with E-state index in [0.717, 1.165) is 5.56 Å². The van der Waals surface area contributed by atoms with E-state index in [-0.39, 0.29) is 0 Å². The SMILES string of the molecule is C=C[C@@H](OCc1ccccc1)[C@@H](O)C=O. The van der Waals surface area contributed by atoms with Crippen LogP contribution in [0.2, 0.25) is 0 Å². The normalized spacial score (nSPS) is 14.2. The fraction of sp³-hybridized carbons (Fsp3) is 0.250. The molecule has 0 aliphatic heterocycles. The van der Waals surface area contributed by atoms with Gasteiger partial charge in [-0.15, -0.1) is 6.58 Å². The Morgan fingerprint density at radius 3 is 2.60 bits per heavy atom. The molecule has 0 heterocycles. The van der Waals surface area contributed by atoms with Crippen molar-refractivity contribution in [3.63, 3.8) is 0 Å². The highest BCUT2D eigenvalue weighted by molar-refractivity contribution is 5.57. The van der Waals surface area contributed by atoms with Crippen LogP contribution in [0.1, 0.15) is 5.56 Å². The number of aldehydes is 1. The first-order valence-electron chi connectivity index (χ1n) is 4.69. The standard InChI is InChI=1S/C12H14O3/c1-2-12(11(14)8-13)15-9-10-6-4-3-5-7-10/h2-8,11-12,14H,1,9H2/t11-,12+/m0/s1. The smallest absolute Gasteiger partial charge is 0.151 e. The first-order valence-corrected chi connectivity index (χ1v) is 4.69. The molecule has 0 aliphatic carbocycles. The number of carbonyl (C=O) groups is 1. The van der Waals surface area contributed by atoms with Gasteiger partial charge in [-0.05, 0) is 5.56 Å². The third-order valence-electron chi connectivity index (χ3n) is 1.99. The highest BCUT2D eigenvalue weighted by Crippen LogP contribution is 2.06. The Morgan fingerprint density at radius 2 is 2.07 bits per heavy atom. The summed E-state index contributed by atoms with van der Waals surface area (Å²) in [6, 6.07) is 9.53. The minimum Gasteiger partial charge on any atom is -0.383 e. The molecular formula is C12H14O3. The lowest BCUT2D eigenvalue weighted by molar-refractivity contribution is -0.121. The lowest BCUT2D eigenvalue weighted by atomic mass is 10.2. The van der Waals surface area contributed by atoms with Gasteiger partial charge in [0, 0.05) is 0 Å². The van der Waals surface area contributed by atoms with Gasteiger partial charge in [-0.1, -0.05) is 36.4 Å². The van der Waals surface area contributed by atoms with Gasteiger partial charge in [0.2, 0.25) is 0 Å². The van der Waals surface area contributed by atoms with Gasteiger partial charge in [0.05, 0.1) is 6.61 Å². The van der Waals surface area contributed by atoms with Crippen molar-refractivity contribution in [1.82, 2.24) is 0 Å². The van der Waals surface area contributed by atoms with Crippen LogP contribution in [-0.4, -0.2) is 23.6 Å². The van der Waals surface area contributed by atoms with Gasteiger partial charge in [-0.2, -0.15) is 0 Å². The number of hydrogen-bond donors (Lipinski definition) is 1. The Balaban J connectivity index is 2.48. The Morgan fingerprint density at radius 1 is 1.40 bits per heavy atom. The van der Waals surface area contributed by atoms with Crippen molar-refractivity contribution >= 4 is 6.29 Å². The fourth-order valence-corrected chi connectivity index (χ4v) is 1.15. The molecule has 3 heteroatoms. The van der Waals surface area contributed by atoms with Crippen molar-refractivity contribution < 1.29 is 14.6 Å². The molecule has 0 aliphatic rings. The van der Waals surface area contributed by atoms with Gasteiger partial charge in [-0.25, -0.2) is 0 Å². The Labute approximate surface area is 89.0 Å². The van der Waals surface area contributed by atoms with Crippen molar-refractivity contribution in [3.05, 3.63) is 48.6 Å². The predicted molar refractivity (Wildman–Crippen MR) is 57.3 cm³/mol. The second kappa shape index (κ2) is 6.11. The van der Waals surface area contributed by atoms with Gasteiger partial charge in [0.15, 0.2) is 6.29 Å². The zero-order valence-electron chi connectivity index (χ0n) is 8.37. The number of ether oxygens (including phenoxy) is 1. The van der Waals surface area contributed by atoms with Crippen LogP contribution < -0.4 is 0 Å². The van der Waals surface area contributed by atoms with E-state index in [9.17, 15) is 9.90 Å². The fourth-order valence-electron chi connectivity index (χ4n) is 1.15. The van der Waals surface area contributed by atoms with Crippen LogP contribution in [-0.2, 0) is 16.1 Å². The summed E-state index contributed by atoms with van der Waals surface area (Å²) in [6.45, 7) is 3.85. The summed E-state index contributed by atoms with van der Waals surface area (Å²) >= 11 is 0. The molecule has 1 N–H and O–H groups in total. The van der Waals surface area contributed by atoms with E-state index in [1.807, 2.05) is 30.3 Å². The molecule has 0 aromatic heterocycles. The maximum absolute atomic E-state index is 10.3. The van der Waals surface area contributed by atoms with E-state index >= 15 is 0 Å². The second-order valence-electron chi connectivity index (χ2n) is 3.12. The molecule has 0 fully saturated rings. The molecule has 2 atom stereocenters. The van der Waals surface area contributed by atoms with Gasteiger partial charge in [0.25, 0.3) is 0 Å². The number of aliphatic hydroxyl groups is 1. The summed E-state index contributed by atoms with van der Waals surface area (Å²) in [5.74, 6) is 0. The van der Waals surface area contributed by atoms with Crippen molar-refractivity contribution in [2.24, 2.45) is 0 Å². The zero-order chi connectivity index (χ0) is 11.1. The maximum atomic E-state index is 10.3. The van der Waals surface area contributed by atoms with E-state index in [1.54, 1.807) is 0 Å². The molecule has 1 rings (SSSR count). The number of hydrogen-bond acceptors (Lipinski definition) is 3. The van der Waals surface area contributed by atoms with Crippen molar-refractivity contribution in [2.75, 3.05) is 0 Å². The minimum atomic E-state index is -1.15. The van der Waals surface area contributed by atoms with E-state index in [4.69, 9.17) is 4.74 Å². The third kappa shape index (κ3) is 3.65. The molecule has 0 unspecified atom stereocenters. The first kappa shape index (κ1) is 11.6. The summed E-state index contributed by atoms with van der Waals surface area (Å²) in [6.07, 6.45) is 0.0632. The third-order valence-corrected chi connectivity index (χ3v) is 1.99. The van der Waals surface area contributed by atoms with E-state index in [0.29, 0.717) is 12.9 Å². The molecule has 0 spiro atoms. The lowest BCUT2D eigenvalue weighted by Gasteiger charge is -2.15.